The minimum Gasteiger partial charge on any atom is -0.858 e. The highest BCUT2D eigenvalue weighted by Gasteiger charge is 2.13. The lowest BCUT2D eigenvalue weighted by molar-refractivity contribution is -0.670. The van der Waals surface area contributed by atoms with E-state index in [1.54, 1.807) is 37.6 Å². The van der Waals surface area contributed by atoms with Gasteiger partial charge in [-0.25, -0.2) is 4.99 Å². The molecule has 0 atom stereocenters. The standard InChI is InChI=1S/C17H15N3O3/c1-12-6-8-14(9-7-12)20-11-16(23-19-20)18-17(21)13-4-3-5-15(10-13)22-2/h3-11H,1-2H3. The van der Waals surface area contributed by atoms with E-state index in [1.807, 2.05) is 31.2 Å². The fourth-order valence-electron chi connectivity index (χ4n) is 2.03. The molecule has 0 N–H and O–H groups in total. The van der Waals surface area contributed by atoms with E-state index in [4.69, 9.17) is 9.26 Å². The van der Waals surface area contributed by atoms with Gasteiger partial charge in [-0.05, 0) is 35.2 Å². The Bertz CT molecular complexity index is 838. The van der Waals surface area contributed by atoms with E-state index in [2.05, 4.69) is 10.3 Å². The van der Waals surface area contributed by atoms with Gasteiger partial charge < -0.3 is 9.84 Å². The number of aromatic nitrogens is 2. The van der Waals surface area contributed by atoms with Crippen molar-refractivity contribution in [1.29, 1.82) is 0 Å². The molecular formula is C17H15N3O3. The lowest BCUT2D eigenvalue weighted by Crippen LogP contribution is -2.31. The second-order valence-electron chi connectivity index (χ2n) is 4.97. The lowest BCUT2D eigenvalue weighted by Gasteiger charge is -2.10. The van der Waals surface area contributed by atoms with Crippen molar-refractivity contribution < 1.29 is 19.0 Å². The summed E-state index contributed by atoms with van der Waals surface area (Å²) in [5.74, 6) is 0.313. The van der Waals surface area contributed by atoms with Gasteiger partial charge in [-0.15, -0.1) is 0 Å². The summed E-state index contributed by atoms with van der Waals surface area (Å²) in [5.41, 5.74) is 2.40. The molecular weight excluding hydrogens is 294 g/mol. The molecule has 0 spiro atoms. The van der Waals surface area contributed by atoms with Crippen molar-refractivity contribution in [3.63, 3.8) is 0 Å². The monoisotopic (exact) mass is 309 g/mol. The molecule has 6 heteroatoms. The number of aliphatic imine (C=N–C) groups is 1. The molecule has 3 rings (SSSR count). The zero-order valence-corrected chi connectivity index (χ0v) is 12.8. The van der Waals surface area contributed by atoms with Gasteiger partial charge in [0, 0.05) is 12.1 Å². The molecule has 3 aromatic rings. The summed E-state index contributed by atoms with van der Waals surface area (Å²) in [4.78, 5) is 3.92. The van der Waals surface area contributed by atoms with E-state index in [-0.39, 0.29) is 5.88 Å². The number of aryl methyl sites for hydroxylation is 1. The molecule has 23 heavy (non-hydrogen) atoms. The third-order valence-electron chi connectivity index (χ3n) is 3.28. The molecule has 6 nitrogen and oxygen atoms in total. The Kier molecular flexibility index (Phi) is 4.05. The fourth-order valence-corrected chi connectivity index (χ4v) is 2.03. The molecule has 0 saturated carbocycles. The van der Waals surface area contributed by atoms with Crippen molar-refractivity contribution in [2.45, 2.75) is 6.92 Å². The first-order chi connectivity index (χ1) is 11.2. The van der Waals surface area contributed by atoms with E-state index in [0.29, 0.717) is 11.3 Å². The molecule has 0 radical (unpaired) electrons. The van der Waals surface area contributed by atoms with Gasteiger partial charge in [0.25, 0.3) is 6.20 Å². The van der Waals surface area contributed by atoms with Crippen LogP contribution in [0.1, 0.15) is 11.1 Å². The van der Waals surface area contributed by atoms with Crippen LogP contribution in [0.3, 0.4) is 0 Å². The molecule has 1 heterocycles. The van der Waals surface area contributed by atoms with E-state index in [9.17, 15) is 5.11 Å². The Hall–Kier alpha value is -3.15. The van der Waals surface area contributed by atoms with Gasteiger partial charge in [0.15, 0.2) is 0 Å². The number of nitrogens with zero attached hydrogens (tertiary/aromatic N) is 3. The summed E-state index contributed by atoms with van der Waals surface area (Å²) in [6, 6.07) is 14.5. The number of hydrogen-bond acceptors (Lipinski definition) is 5. The average Bonchev–Trinajstić information content (AvgIpc) is 3.04. The average molecular weight is 309 g/mol. The zero-order chi connectivity index (χ0) is 16.2. The summed E-state index contributed by atoms with van der Waals surface area (Å²) in [6.45, 7) is 2.00. The molecule has 0 aliphatic carbocycles. The molecule has 0 fully saturated rings. The third kappa shape index (κ3) is 3.37. The van der Waals surface area contributed by atoms with Crippen molar-refractivity contribution in [3.8, 4) is 11.4 Å². The van der Waals surface area contributed by atoms with Crippen molar-refractivity contribution in [1.82, 2.24) is 5.27 Å². The maximum Gasteiger partial charge on any atom is 0.321 e. The van der Waals surface area contributed by atoms with Crippen LogP contribution in [0.5, 0.6) is 5.75 Å². The normalized spacial score (nSPS) is 11.5. The van der Waals surface area contributed by atoms with Gasteiger partial charge in [0.05, 0.1) is 7.11 Å². The Balaban J connectivity index is 1.86. The molecule has 0 aliphatic rings. The summed E-state index contributed by atoms with van der Waals surface area (Å²) in [7, 11) is 1.54. The quantitative estimate of drug-likeness (QED) is 0.418. The van der Waals surface area contributed by atoms with Crippen LogP contribution in [-0.4, -0.2) is 18.3 Å². The van der Waals surface area contributed by atoms with Crippen molar-refractivity contribution in [2.24, 2.45) is 4.99 Å². The Labute approximate surface area is 133 Å². The number of benzene rings is 2. The minimum absolute atomic E-state index is 0.137. The zero-order valence-electron chi connectivity index (χ0n) is 12.8. The van der Waals surface area contributed by atoms with Gasteiger partial charge in [-0.2, -0.15) is 0 Å². The fraction of sp³-hybridized carbons (Fsp3) is 0.118. The van der Waals surface area contributed by atoms with Gasteiger partial charge >= 0.3 is 5.88 Å². The van der Waals surface area contributed by atoms with Crippen LogP contribution in [0.25, 0.3) is 5.69 Å². The highest BCUT2D eigenvalue weighted by molar-refractivity contribution is 5.92. The minimum atomic E-state index is -0.420. The van der Waals surface area contributed by atoms with E-state index in [1.165, 1.54) is 4.68 Å². The third-order valence-corrected chi connectivity index (χ3v) is 3.28. The molecule has 0 aliphatic heterocycles. The Morgan fingerprint density at radius 2 is 2.00 bits per heavy atom. The number of hydrogen-bond donors (Lipinski definition) is 0. The van der Waals surface area contributed by atoms with Gasteiger partial charge in [-0.1, -0.05) is 29.8 Å². The molecule has 2 aromatic carbocycles. The molecule has 0 bridgehead atoms. The van der Waals surface area contributed by atoms with E-state index in [0.717, 1.165) is 11.3 Å². The first-order valence-corrected chi connectivity index (χ1v) is 7.01. The second kappa shape index (κ2) is 6.31. The topological polar surface area (TPSA) is 74.6 Å². The Morgan fingerprint density at radius 3 is 2.74 bits per heavy atom. The molecule has 0 unspecified atom stereocenters. The predicted molar refractivity (Wildman–Crippen MR) is 82.0 cm³/mol. The summed E-state index contributed by atoms with van der Waals surface area (Å²) < 4.78 is 11.7. The van der Waals surface area contributed by atoms with Crippen LogP contribution in [0, 0.1) is 6.92 Å². The number of methoxy groups -OCH3 is 1. The SMILES string of the molecule is COc1cccc(C([O-])=Nc2c[n+](-c3ccc(C)cc3)no2)c1. The Morgan fingerprint density at radius 1 is 1.22 bits per heavy atom. The maximum atomic E-state index is 12.2. The largest absolute Gasteiger partial charge is 0.858 e. The van der Waals surface area contributed by atoms with Gasteiger partial charge in [0.2, 0.25) is 11.0 Å². The lowest BCUT2D eigenvalue weighted by atomic mass is 10.2. The smallest absolute Gasteiger partial charge is 0.321 e. The van der Waals surface area contributed by atoms with Gasteiger partial charge in [0.1, 0.15) is 5.75 Å². The molecule has 0 amide bonds. The highest BCUT2D eigenvalue weighted by Crippen LogP contribution is 2.15. The predicted octanol–water partition coefficient (Wildman–Crippen LogP) is 1.71. The van der Waals surface area contributed by atoms with Crippen LogP contribution in [0.2, 0.25) is 0 Å². The van der Waals surface area contributed by atoms with Gasteiger partial charge in [-0.3, -0.25) is 4.52 Å². The summed E-state index contributed by atoms with van der Waals surface area (Å²) in [6.07, 6.45) is 1.56. The van der Waals surface area contributed by atoms with E-state index >= 15 is 0 Å². The van der Waals surface area contributed by atoms with Crippen molar-refractivity contribution in [3.05, 3.63) is 65.9 Å². The van der Waals surface area contributed by atoms with Crippen LogP contribution in [-0.2, 0) is 0 Å². The molecule has 0 saturated heterocycles. The number of ether oxygens (including phenoxy) is 1. The van der Waals surface area contributed by atoms with Crippen molar-refractivity contribution >= 4 is 11.8 Å². The van der Waals surface area contributed by atoms with E-state index < -0.39 is 5.90 Å². The first-order valence-electron chi connectivity index (χ1n) is 7.01. The summed E-state index contributed by atoms with van der Waals surface area (Å²) in [5, 5.41) is 16.0. The van der Waals surface area contributed by atoms with Crippen LogP contribution in [0.15, 0.2) is 64.2 Å². The molecule has 1 aromatic heterocycles. The maximum absolute atomic E-state index is 12.2. The number of rotatable bonds is 4. The van der Waals surface area contributed by atoms with Crippen LogP contribution < -0.4 is 14.5 Å². The first kappa shape index (κ1) is 14.8. The van der Waals surface area contributed by atoms with Crippen LogP contribution in [0.4, 0.5) is 5.88 Å². The highest BCUT2D eigenvalue weighted by atomic mass is 16.5. The van der Waals surface area contributed by atoms with Crippen LogP contribution >= 0.6 is 0 Å². The van der Waals surface area contributed by atoms with Crippen molar-refractivity contribution in [2.75, 3.05) is 7.11 Å². The second-order valence-corrected chi connectivity index (χ2v) is 4.97. The molecule has 116 valence electrons. The summed E-state index contributed by atoms with van der Waals surface area (Å²) >= 11 is 0.